The molecule has 1 amide bonds. The van der Waals surface area contributed by atoms with Crippen LogP contribution in [0.1, 0.15) is 31.2 Å². The van der Waals surface area contributed by atoms with E-state index in [4.69, 9.17) is 21.1 Å². The van der Waals surface area contributed by atoms with Gasteiger partial charge in [0.2, 0.25) is 0 Å². The molecule has 2 aromatic rings. The second kappa shape index (κ2) is 11.0. The third-order valence-electron chi connectivity index (χ3n) is 6.31. The van der Waals surface area contributed by atoms with E-state index in [1.165, 1.54) is 18.4 Å². The van der Waals surface area contributed by atoms with Crippen molar-refractivity contribution in [2.24, 2.45) is 0 Å². The van der Waals surface area contributed by atoms with Crippen LogP contribution >= 0.6 is 11.6 Å². The predicted molar refractivity (Wildman–Crippen MR) is 122 cm³/mol. The summed E-state index contributed by atoms with van der Waals surface area (Å²) in [6, 6.07) is 18.5. The Morgan fingerprint density at radius 1 is 0.968 bits per heavy atom. The van der Waals surface area contributed by atoms with Gasteiger partial charge in [0, 0.05) is 30.2 Å². The van der Waals surface area contributed by atoms with E-state index in [9.17, 15) is 4.79 Å². The minimum atomic E-state index is 0.0533. The van der Waals surface area contributed by atoms with Gasteiger partial charge >= 0.3 is 0 Å². The molecule has 2 fully saturated rings. The minimum Gasteiger partial charge on any atom is -0.484 e. The van der Waals surface area contributed by atoms with E-state index in [0.717, 1.165) is 39.1 Å². The van der Waals surface area contributed by atoms with Crippen LogP contribution in [0.4, 0.5) is 0 Å². The number of ether oxygens (including phenoxy) is 2. The van der Waals surface area contributed by atoms with E-state index in [2.05, 4.69) is 29.2 Å². The van der Waals surface area contributed by atoms with Crippen LogP contribution in [0, 0.1) is 0 Å². The molecule has 0 spiro atoms. The van der Waals surface area contributed by atoms with Gasteiger partial charge in [0.15, 0.2) is 6.61 Å². The molecule has 0 bridgehead atoms. The molecule has 0 N–H and O–H groups in total. The highest BCUT2D eigenvalue weighted by Crippen LogP contribution is 2.26. The molecule has 5 nitrogen and oxygen atoms in total. The molecule has 6 heteroatoms. The Morgan fingerprint density at radius 2 is 1.71 bits per heavy atom. The van der Waals surface area contributed by atoms with Crippen LogP contribution in [-0.4, -0.2) is 60.6 Å². The first-order valence-electron chi connectivity index (χ1n) is 11.2. The third kappa shape index (κ3) is 6.22. The lowest BCUT2D eigenvalue weighted by atomic mass is 10.0. The molecule has 0 unspecified atom stereocenters. The molecule has 31 heavy (non-hydrogen) atoms. The minimum absolute atomic E-state index is 0.0533. The van der Waals surface area contributed by atoms with Crippen molar-refractivity contribution in [3.8, 4) is 5.75 Å². The lowest BCUT2D eigenvalue weighted by Crippen LogP contribution is -2.49. The van der Waals surface area contributed by atoms with E-state index in [0.29, 0.717) is 29.5 Å². The van der Waals surface area contributed by atoms with Crippen molar-refractivity contribution in [2.45, 2.75) is 44.4 Å². The first-order chi connectivity index (χ1) is 15.2. The highest BCUT2D eigenvalue weighted by Gasteiger charge is 2.33. The summed E-state index contributed by atoms with van der Waals surface area (Å²) < 4.78 is 11.7. The normalized spacial score (nSPS) is 20.2. The lowest BCUT2D eigenvalue weighted by Gasteiger charge is -2.39. The van der Waals surface area contributed by atoms with Crippen molar-refractivity contribution >= 4 is 17.5 Å². The Hall–Kier alpha value is -2.08. The zero-order valence-corrected chi connectivity index (χ0v) is 18.7. The zero-order valence-electron chi connectivity index (χ0n) is 17.9. The number of carbonyl (C=O) groups excluding carboxylic acids is 1. The predicted octanol–water partition coefficient (Wildman–Crippen LogP) is 4.39. The number of benzene rings is 2. The van der Waals surface area contributed by atoms with Crippen LogP contribution < -0.4 is 4.74 Å². The topological polar surface area (TPSA) is 42.0 Å². The summed E-state index contributed by atoms with van der Waals surface area (Å²) in [7, 11) is 0. The van der Waals surface area contributed by atoms with Crippen LogP contribution in [0.5, 0.6) is 5.75 Å². The maximum absolute atomic E-state index is 12.5. The Bertz CT molecular complexity index is 822. The summed E-state index contributed by atoms with van der Waals surface area (Å²) >= 11 is 5.89. The molecule has 1 atom stereocenters. The second-order valence-corrected chi connectivity index (χ2v) is 8.83. The Kier molecular flexibility index (Phi) is 7.84. The SMILES string of the molecule is O=C(COc1ccc(Cl)cc1)N1CCC(N2CCC[C@H]2COCc2ccccc2)CC1. The second-order valence-electron chi connectivity index (χ2n) is 8.39. The molecular weight excluding hydrogens is 412 g/mol. The molecule has 0 radical (unpaired) electrons. The van der Waals surface area contributed by atoms with Crippen molar-refractivity contribution < 1.29 is 14.3 Å². The van der Waals surface area contributed by atoms with E-state index >= 15 is 0 Å². The molecule has 2 saturated heterocycles. The number of rotatable bonds is 8. The van der Waals surface area contributed by atoms with Gasteiger partial charge < -0.3 is 14.4 Å². The number of hydrogen-bond acceptors (Lipinski definition) is 4. The molecule has 2 aromatic carbocycles. The van der Waals surface area contributed by atoms with Gasteiger partial charge in [-0.1, -0.05) is 41.9 Å². The quantitative estimate of drug-likeness (QED) is 0.608. The van der Waals surface area contributed by atoms with E-state index in [1.54, 1.807) is 24.3 Å². The monoisotopic (exact) mass is 442 g/mol. The smallest absolute Gasteiger partial charge is 0.260 e. The van der Waals surface area contributed by atoms with Gasteiger partial charge in [0.25, 0.3) is 5.91 Å². The number of halogens is 1. The molecular formula is C25H31ClN2O3. The molecule has 0 aromatic heterocycles. The Balaban J connectivity index is 1.19. The number of amides is 1. The average molecular weight is 443 g/mol. The fourth-order valence-corrected chi connectivity index (χ4v) is 4.74. The summed E-state index contributed by atoms with van der Waals surface area (Å²) in [4.78, 5) is 17.1. The maximum atomic E-state index is 12.5. The number of carbonyl (C=O) groups is 1. The van der Waals surface area contributed by atoms with Crippen LogP contribution in [0.25, 0.3) is 0 Å². The number of piperidine rings is 1. The number of nitrogens with zero attached hydrogens (tertiary/aromatic N) is 2. The van der Waals surface area contributed by atoms with E-state index < -0.39 is 0 Å². The fourth-order valence-electron chi connectivity index (χ4n) is 4.62. The van der Waals surface area contributed by atoms with Crippen LogP contribution in [0.15, 0.2) is 54.6 Å². The summed E-state index contributed by atoms with van der Waals surface area (Å²) in [5.74, 6) is 0.723. The first kappa shape index (κ1) is 22.1. The highest BCUT2D eigenvalue weighted by atomic mass is 35.5. The van der Waals surface area contributed by atoms with Gasteiger partial charge in [-0.2, -0.15) is 0 Å². The van der Waals surface area contributed by atoms with Crippen LogP contribution in [0.3, 0.4) is 0 Å². The summed E-state index contributed by atoms with van der Waals surface area (Å²) in [6.07, 6.45) is 4.46. The maximum Gasteiger partial charge on any atom is 0.260 e. The molecule has 2 aliphatic heterocycles. The van der Waals surface area contributed by atoms with E-state index in [1.807, 2.05) is 11.0 Å². The average Bonchev–Trinajstić information content (AvgIpc) is 3.28. The Morgan fingerprint density at radius 3 is 2.45 bits per heavy atom. The van der Waals surface area contributed by atoms with Crippen molar-refractivity contribution in [2.75, 3.05) is 32.8 Å². The van der Waals surface area contributed by atoms with Gasteiger partial charge in [-0.15, -0.1) is 0 Å². The lowest BCUT2D eigenvalue weighted by molar-refractivity contribution is -0.135. The van der Waals surface area contributed by atoms with Gasteiger partial charge in [0.05, 0.1) is 13.2 Å². The van der Waals surface area contributed by atoms with Crippen molar-refractivity contribution in [1.29, 1.82) is 0 Å². The van der Waals surface area contributed by atoms with Gasteiger partial charge in [-0.05, 0) is 62.1 Å². The molecule has 0 saturated carbocycles. The fraction of sp³-hybridized carbons (Fsp3) is 0.480. The summed E-state index contributed by atoms with van der Waals surface area (Å²) in [5, 5.41) is 0.659. The largest absolute Gasteiger partial charge is 0.484 e. The van der Waals surface area contributed by atoms with Crippen LogP contribution in [-0.2, 0) is 16.1 Å². The number of hydrogen-bond donors (Lipinski definition) is 0. The van der Waals surface area contributed by atoms with Gasteiger partial charge in [-0.3, -0.25) is 9.69 Å². The van der Waals surface area contributed by atoms with Crippen molar-refractivity contribution in [3.05, 3.63) is 65.2 Å². The summed E-state index contributed by atoms with van der Waals surface area (Å²) in [5.41, 5.74) is 1.22. The molecule has 2 aliphatic rings. The van der Waals surface area contributed by atoms with Gasteiger partial charge in [0.1, 0.15) is 5.75 Å². The molecule has 4 rings (SSSR count). The molecule has 166 valence electrons. The Labute approximate surface area is 189 Å². The van der Waals surface area contributed by atoms with E-state index in [-0.39, 0.29) is 12.5 Å². The standard InChI is InChI=1S/C25H31ClN2O3/c26-21-8-10-24(11-9-21)31-19-25(29)27-15-12-22(13-16-27)28-14-4-7-23(28)18-30-17-20-5-2-1-3-6-20/h1-3,5-6,8-11,22-23H,4,7,12-19H2/t23-/m0/s1. The summed E-state index contributed by atoms with van der Waals surface area (Å²) in [6.45, 7) is 4.25. The molecule has 2 heterocycles. The van der Waals surface area contributed by atoms with Gasteiger partial charge in [-0.25, -0.2) is 0 Å². The van der Waals surface area contributed by atoms with Crippen molar-refractivity contribution in [3.63, 3.8) is 0 Å². The third-order valence-corrected chi connectivity index (χ3v) is 6.56. The number of likely N-dealkylation sites (tertiary alicyclic amines) is 2. The zero-order chi connectivity index (χ0) is 21.5. The first-order valence-corrected chi connectivity index (χ1v) is 11.6. The van der Waals surface area contributed by atoms with Crippen LogP contribution in [0.2, 0.25) is 5.02 Å². The molecule has 0 aliphatic carbocycles. The highest BCUT2D eigenvalue weighted by molar-refractivity contribution is 6.30. The van der Waals surface area contributed by atoms with Crippen molar-refractivity contribution in [1.82, 2.24) is 9.80 Å².